The summed E-state index contributed by atoms with van der Waals surface area (Å²) < 4.78 is 0. The van der Waals surface area contributed by atoms with Crippen molar-refractivity contribution in [3.63, 3.8) is 0 Å². The van der Waals surface area contributed by atoms with Gasteiger partial charge in [-0.05, 0) is 26.2 Å². The van der Waals surface area contributed by atoms with Crippen LogP contribution >= 0.6 is 11.3 Å². The Kier molecular flexibility index (Phi) is 3.82. The fraction of sp³-hybridized carbons (Fsp3) is 0.733. The van der Waals surface area contributed by atoms with Crippen molar-refractivity contribution < 1.29 is 4.79 Å². The molecule has 0 bridgehead atoms. The molecular formula is C15H23N3OS. The topological polar surface area (TPSA) is 45.2 Å². The second-order valence-corrected chi connectivity index (χ2v) is 7.04. The van der Waals surface area contributed by atoms with Crippen molar-refractivity contribution in [3.8, 4) is 0 Å². The highest BCUT2D eigenvalue weighted by Crippen LogP contribution is 2.39. The van der Waals surface area contributed by atoms with Gasteiger partial charge in [0.05, 0.1) is 16.2 Å². The number of nitrogens with zero attached hydrogens (tertiary/aromatic N) is 2. The zero-order valence-corrected chi connectivity index (χ0v) is 13.1. The quantitative estimate of drug-likeness (QED) is 0.932. The largest absolute Gasteiger partial charge is 0.320 e. The number of aryl methyl sites for hydroxylation is 1. The van der Waals surface area contributed by atoms with Gasteiger partial charge in [0.25, 0.3) is 0 Å². The van der Waals surface area contributed by atoms with E-state index in [2.05, 4.69) is 22.6 Å². The third-order valence-corrected chi connectivity index (χ3v) is 5.28. The second-order valence-electron chi connectivity index (χ2n) is 5.98. The molecule has 1 saturated heterocycles. The van der Waals surface area contributed by atoms with Crippen LogP contribution in [0, 0.1) is 6.92 Å². The maximum absolute atomic E-state index is 12.9. The van der Waals surface area contributed by atoms with Gasteiger partial charge >= 0.3 is 0 Å². The van der Waals surface area contributed by atoms with Crippen LogP contribution in [0.25, 0.3) is 0 Å². The molecule has 5 heteroatoms. The Balaban J connectivity index is 1.90. The summed E-state index contributed by atoms with van der Waals surface area (Å²) in [6.45, 7) is 4.96. The molecule has 0 aromatic carbocycles. The van der Waals surface area contributed by atoms with E-state index in [1.165, 1.54) is 6.42 Å². The molecule has 1 aliphatic heterocycles. The van der Waals surface area contributed by atoms with Gasteiger partial charge in [0.2, 0.25) is 5.91 Å². The molecule has 2 fully saturated rings. The Morgan fingerprint density at radius 3 is 2.80 bits per heavy atom. The van der Waals surface area contributed by atoms with Crippen LogP contribution in [0.3, 0.4) is 0 Å². The molecule has 1 saturated carbocycles. The van der Waals surface area contributed by atoms with Crippen molar-refractivity contribution in [2.24, 2.45) is 0 Å². The standard InChI is InChI=1S/C15H23N3OS/c1-3-9-18-13(12-10-20-11(2)16-12)17-15(14(18)19)7-5-4-6-8-15/h10,13,17H,3-9H2,1-2H3/t13-/m0/s1. The van der Waals surface area contributed by atoms with Gasteiger partial charge < -0.3 is 4.90 Å². The Bertz CT molecular complexity index is 493. The molecular weight excluding hydrogens is 270 g/mol. The number of carbonyl (C=O) groups is 1. The Labute approximate surface area is 124 Å². The molecule has 1 atom stereocenters. The Hall–Kier alpha value is -0.940. The van der Waals surface area contributed by atoms with Crippen LogP contribution in [0.4, 0.5) is 0 Å². The van der Waals surface area contributed by atoms with Crippen molar-refractivity contribution in [3.05, 3.63) is 16.1 Å². The fourth-order valence-electron chi connectivity index (χ4n) is 3.52. The second kappa shape index (κ2) is 5.45. The summed E-state index contributed by atoms with van der Waals surface area (Å²) in [6.07, 6.45) is 6.49. The maximum Gasteiger partial charge on any atom is 0.244 e. The van der Waals surface area contributed by atoms with E-state index < -0.39 is 0 Å². The predicted molar refractivity (Wildman–Crippen MR) is 80.5 cm³/mol. The first-order chi connectivity index (χ1) is 9.66. The minimum Gasteiger partial charge on any atom is -0.320 e. The van der Waals surface area contributed by atoms with Crippen molar-refractivity contribution >= 4 is 17.2 Å². The van der Waals surface area contributed by atoms with Crippen LogP contribution in [0.1, 0.15) is 62.3 Å². The summed E-state index contributed by atoms with van der Waals surface area (Å²) in [7, 11) is 0. The lowest BCUT2D eigenvalue weighted by atomic mass is 9.81. The van der Waals surface area contributed by atoms with Crippen LogP contribution < -0.4 is 5.32 Å². The summed E-state index contributed by atoms with van der Waals surface area (Å²) in [5.74, 6) is 0.301. The number of amides is 1. The number of thiazole rings is 1. The number of hydrogen-bond acceptors (Lipinski definition) is 4. The first-order valence-electron chi connectivity index (χ1n) is 7.67. The molecule has 4 nitrogen and oxygen atoms in total. The SMILES string of the molecule is CCCN1C(=O)C2(CCCCC2)N[C@@H]1c1csc(C)n1. The number of carbonyl (C=O) groups excluding carboxylic acids is 1. The molecule has 0 unspecified atom stereocenters. The highest BCUT2D eigenvalue weighted by Gasteiger charge is 2.51. The highest BCUT2D eigenvalue weighted by molar-refractivity contribution is 7.09. The molecule has 0 radical (unpaired) electrons. The van der Waals surface area contributed by atoms with Gasteiger partial charge in [-0.1, -0.05) is 26.2 Å². The average Bonchev–Trinajstić information content (AvgIpc) is 2.98. The molecule has 2 aliphatic rings. The van der Waals surface area contributed by atoms with Crippen molar-refractivity contribution in [2.45, 2.75) is 64.1 Å². The third-order valence-electron chi connectivity index (χ3n) is 4.48. The third kappa shape index (κ3) is 2.27. The monoisotopic (exact) mass is 293 g/mol. The smallest absolute Gasteiger partial charge is 0.244 e. The fourth-order valence-corrected chi connectivity index (χ4v) is 4.15. The predicted octanol–water partition coefficient (Wildman–Crippen LogP) is 2.99. The molecule has 1 aromatic rings. The van der Waals surface area contributed by atoms with Gasteiger partial charge in [-0.15, -0.1) is 11.3 Å². The summed E-state index contributed by atoms with van der Waals surface area (Å²) in [5, 5.41) is 6.79. The van der Waals surface area contributed by atoms with E-state index in [0.29, 0.717) is 5.91 Å². The molecule has 110 valence electrons. The number of hydrogen-bond donors (Lipinski definition) is 1. The van der Waals surface area contributed by atoms with Gasteiger partial charge in [0.15, 0.2) is 0 Å². The minimum atomic E-state index is -0.310. The van der Waals surface area contributed by atoms with Gasteiger partial charge in [-0.3, -0.25) is 10.1 Å². The molecule has 1 spiro atoms. The van der Waals surface area contributed by atoms with E-state index in [1.54, 1.807) is 11.3 Å². The lowest BCUT2D eigenvalue weighted by Crippen LogP contribution is -2.48. The lowest BCUT2D eigenvalue weighted by Gasteiger charge is -2.31. The van der Waals surface area contributed by atoms with Crippen LogP contribution in [0.15, 0.2) is 5.38 Å². The summed E-state index contributed by atoms with van der Waals surface area (Å²) in [4.78, 5) is 19.5. The molecule has 1 N–H and O–H groups in total. The van der Waals surface area contributed by atoms with Gasteiger partial charge in [-0.25, -0.2) is 4.98 Å². The van der Waals surface area contributed by atoms with Gasteiger partial charge in [0.1, 0.15) is 6.17 Å². The number of rotatable bonds is 3. The zero-order chi connectivity index (χ0) is 14.2. The van der Waals surface area contributed by atoms with Crippen LogP contribution in [-0.2, 0) is 4.79 Å². The summed E-state index contributed by atoms with van der Waals surface area (Å²) >= 11 is 1.66. The highest BCUT2D eigenvalue weighted by atomic mass is 32.1. The van der Waals surface area contributed by atoms with E-state index in [1.807, 2.05) is 11.8 Å². The van der Waals surface area contributed by atoms with E-state index in [0.717, 1.165) is 49.4 Å². The van der Waals surface area contributed by atoms with Crippen molar-refractivity contribution in [2.75, 3.05) is 6.54 Å². The van der Waals surface area contributed by atoms with Gasteiger partial charge in [-0.2, -0.15) is 0 Å². The molecule has 1 aromatic heterocycles. The lowest BCUT2D eigenvalue weighted by molar-refractivity contribution is -0.134. The minimum absolute atomic E-state index is 0.0227. The van der Waals surface area contributed by atoms with Crippen molar-refractivity contribution in [1.82, 2.24) is 15.2 Å². The maximum atomic E-state index is 12.9. The normalized spacial score (nSPS) is 25.6. The van der Waals surface area contributed by atoms with Crippen molar-refractivity contribution in [1.29, 1.82) is 0 Å². The Morgan fingerprint density at radius 2 is 2.20 bits per heavy atom. The van der Waals surface area contributed by atoms with E-state index in [-0.39, 0.29) is 11.7 Å². The molecule has 2 heterocycles. The molecule has 1 amide bonds. The first kappa shape index (κ1) is 14.0. The average molecular weight is 293 g/mol. The van der Waals surface area contributed by atoms with E-state index in [4.69, 9.17) is 0 Å². The molecule has 1 aliphatic carbocycles. The number of nitrogens with one attached hydrogen (secondary N) is 1. The van der Waals surface area contributed by atoms with Crippen LogP contribution in [0.2, 0.25) is 0 Å². The summed E-state index contributed by atoms with van der Waals surface area (Å²) in [5.41, 5.74) is 0.701. The van der Waals surface area contributed by atoms with E-state index in [9.17, 15) is 4.79 Å². The first-order valence-corrected chi connectivity index (χ1v) is 8.55. The van der Waals surface area contributed by atoms with Gasteiger partial charge in [0, 0.05) is 11.9 Å². The number of aromatic nitrogens is 1. The zero-order valence-electron chi connectivity index (χ0n) is 12.3. The molecule has 3 rings (SSSR count). The molecule has 20 heavy (non-hydrogen) atoms. The van der Waals surface area contributed by atoms with E-state index >= 15 is 0 Å². The van der Waals surface area contributed by atoms with Crippen LogP contribution in [-0.4, -0.2) is 27.9 Å². The Morgan fingerprint density at radius 1 is 1.45 bits per heavy atom. The summed E-state index contributed by atoms with van der Waals surface area (Å²) in [6, 6.07) is 0. The van der Waals surface area contributed by atoms with Crippen LogP contribution in [0.5, 0.6) is 0 Å².